The average Bonchev–Trinajstić information content (AvgIpc) is 3.23. The largest absolute Gasteiger partial charge is 0.468 e. The van der Waals surface area contributed by atoms with E-state index in [0.717, 1.165) is 11.1 Å². The molecule has 0 aliphatic rings. The van der Waals surface area contributed by atoms with Crippen molar-refractivity contribution in [3.8, 4) is 11.5 Å². The van der Waals surface area contributed by atoms with E-state index in [1.165, 1.54) is 29.0 Å². The van der Waals surface area contributed by atoms with Crippen LogP contribution >= 0.6 is 11.8 Å². The summed E-state index contributed by atoms with van der Waals surface area (Å²) in [5, 5.41) is 0.875. The predicted molar refractivity (Wildman–Crippen MR) is 119 cm³/mol. The molecule has 0 saturated heterocycles. The molecule has 0 N–H and O–H groups in total. The molecular weight excluding hydrogens is 414 g/mol. The van der Waals surface area contributed by atoms with Gasteiger partial charge in [-0.05, 0) is 37.6 Å². The molecular formula is C23H21N3O4S. The van der Waals surface area contributed by atoms with E-state index >= 15 is 0 Å². The van der Waals surface area contributed by atoms with E-state index in [2.05, 4.69) is 16.0 Å². The number of hydrogen-bond acceptors (Lipinski definition) is 7. The first-order valence-corrected chi connectivity index (χ1v) is 10.7. The van der Waals surface area contributed by atoms with Crippen molar-refractivity contribution in [2.24, 2.45) is 0 Å². The van der Waals surface area contributed by atoms with Gasteiger partial charge in [0.1, 0.15) is 12.8 Å². The van der Waals surface area contributed by atoms with Gasteiger partial charge in [0.25, 0.3) is 5.56 Å². The molecule has 7 nitrogen and oxygen atoms in total. The van der Waals surface area contributed by atoms with Gasteiger partial charge in [0.2, 0.25) is 5.89 Å². The van der Waals surface area contributed by atoms with Gasteiger partial charge in [-0.2, -0.15) is 0 Å². The smallest absolute Gasteiger partial charge is 0.325 e. The molecule has 158 valence electrons. The summed E-state index contributed by atoms with van der Waals surface area (Å²) in [6.07, 6.45) is 1.60. The highest BCUT2D eigenvalue weighted by atomic mass is 32.2. The lowest BCUT2D eigenvalue weighted by atomic mass is 10.1. The van der Waals surface area contributed by atoms with E-state index in [1.54, 1.807) is 24.5 Å². The van der Waals surface area contributed by atoms with E-state index in [9.17, 15) is 9.59 Å². The first-order valence-electron chi connectivity index (χ1n) is 9.67. The summed E-state index contributed by atoms with van der Waals surface area (Å²) in [6.45, 7) is 3.85. The second-order valence-electron chi connectivity index (χ2n) is 7.13. The zero-order chi connectivity index (χ0) is 22.0. The number of esters is 1. The SMILES string of the molecule is COC(=O)Cn1c(SCc2coc(-c3ccc(C)cc3C)n2)nc2ccccc2c1=O. The van der Waals surface area contributed by atoms with Crippen molar-refractivity contribution in [2.45, 2.75) is 31.3 Å². The number of aryl methyl sites for hydroxylation is 2. The Morgan fingerprint density at radius 3 is 2.74 bits per heavy atom. The molecule has 0 amide bonds. The molecule has 0 spiro atoms. The van der Waals surface area contributed by atoms with Crippen molar-refractivity contribution in [3.05, 3.63) is 75.9 Å². The minimum Gasteiger partial charge on any atom is -0.468 e. The van der Waals surface area contributed by atoms with Crippen molar-refractivity contribution in [3.63, 3.8) is 0 Å². The van der Waals surface area contributed by atoms with Crippen LogP contribution in [0.3, 0.4) is 0 Å². The molecule has 0 aliphatic heterocycles. The molecule has 0 saturated carbocycles. The van der Waals surface area contributed by atoms with Crippen LogP contribution in [0.4, 0.5) is 0 Å². The van der Waals surface area contributed by atoms with E-state index in [4.69, 9.17) is 9.15 Å². The number of rotatable bonds is 6. The number of fused-ring (bicyclic) bond motifs is 1. The summed E-state index contributed by atoms with van der Waals surface area (Å²) >= 11 is 1.32. The van der Waals surface area contributed by atoms with Crippen LogP contribution in [0.25, 0.3) is 22.4 Å². The minimum absolute atomic E-state index is 0.206. The van der Waals surface area contributed by atoms with Crippen LogP contribution in [0.5, 0.6) is 0 Å². The van der Waals surface area contributed by atoms with Crippen molar-refractivity contribution in [1.82, 2.24) is 14.5 Å². The molecule has 0 atom stereocenters. The molecule has 31 heavy (non-hydrogen) atoms. The summed E-state index contributed by atoms with van der Waals surface area (Å²) in [5.41, 5.74) is 4.21. The Morgan fingerprint density at radius 2 is 1.97 bits per heavy atom. The molecule has 0 bridgehead atoms. The molecule has 0 unspecified atom stereocenters. The summed E-state index contributed by atoms with van der Waals surface area (Å²) < 4.78 is 11.8. The van der Waals surface area contributed by atoms with Crippen molar-refractivity contribution < 1.29 is 13.9 Å². The zero-order valence-corrected chi connectivity index (χ0v) is 18.2. The van der Waals surface area contributed by atoms with Crippen LogP contribution < -0.4 is 5.56 Å². The van der Waals surface area contributed by atoms with Crippen LogP contribution in [0.15, 0.2) is 63.1 Å². The van der Waals surface area contributed by atoms with Crippen LogP contribution in [-0.4, -0.2) is 27.6 Å². The first-order chi connectivity index (χ1) is 15.0. The van der Waals surface area contributed by atoms with Gasteiger partial charge < -0.3 is 9.15 Å². The highest BCUT2D eigenvalue weighted by Crippen LogP contribution is 2.27. The molecule has 4 aromatic rings. The van der Waals surface area contributed by atoms with Gasteiger partial charge in [0.05, 0.1) is 23.7 Å². The summed E-state index contributed by atoms with van der Waals surface area (Å²) in [6, 6.07) is 13.2. The maximum Gasteiger partial charge on any atom is 0.325 e. The predicted octanol–water partition coefficient (Wildman–Crippen LogP) is 4.13. The Kier molecular flexibility index (Phi) is 5.90. The van der Waals surface area contributed by atoms with Crippen LogP contribution in [0.1, 0.15) is 16.8 Å². The number of thioether (sulfide) groups is 1. The monoisotopic (exact) mass is 435 g/mol. The molecule has 2 heterocycles. The summed E-state index contributed by atoms with van der Waals surface area (Å²) in [4.78, 5) is 34.0. The lowest BCUT2D eigenvalue weighted by Gasteiger charge is -2.11. The number of nitrogens with zero attached hydrogens (tertiary/aromatic N) is 3. The number of ether oxygens (including phenoxy) is 1. The Morgan fingerprint density at radius 1 is 1.16 bits per heavy atom. The fraction of sp³-hybridized carbons (Fsp3) is 0.217. The second kappa shape index (κ2) is 8.77. The summed E-state index contributed by atoms with van der Waals surface area (Å²) in [5.74, 6) is 0.464. The highest BCUT2D eigenvalue weighted by molar-refractivity contribution is 7.98. The van der Waals surface area contributed by atoms with E-state index < -0.39 is 5.97 Å². The van der Waals surface area contributed by atoms with Crippen LogP contribution in [-0.2, 0) is 21.8 Å². The normalized spacial score (nSPS) is 11.1. The topological polar surface area (TPSA) is 87.2 Å². The third kappa shape index (κ3) is 4.39. The van der Waals surface area contributed by atoms with E-state index in [1.807, 2.05) is 32.0 Å². The first kappa shape index (κ1) is 20.9. The lowest BCUT2D eigenvalue weighted by Crippen LogP contribution is -2.27. The Bertz CT molecular complexity index is 1330. The van der Waals surface area contributed by atoms with Gasteiger partial charge in [-0.25, -0.2) is 9.97 Å². The quantitative estimate of drug-likeness (QED) is 0.256. The maximum atomic E-state index is 12.9. The molecule has 2 aromatic carbocycles. The van der Waals surface area contributed by atoms with Gasteiger partial charge in [-0.15, -0.1) is 0 Å². The summed E-state index contributed by atoms with van der Waals surface area (Å²) in [7, 11) is 1.29. The number of benzene rings is 2. The molecule has 0 radical (unpaired) electrons. The zero-order valence-electron chi connectivity index (χ0n) is 17.4. The molecule has 0 aliphatic carbocycles. The van der Waals surface area contributed by atoms with Gasteiger partial charge >= 0.3 is 5.97 Å². The Hall–Kier alpha value is -3.39. The van der Waals surface area contributed by atoms with Crippen LogP contribution in [0.2, 0.25) is 0 Å². The van der Waals surface area contributed by atoms with Crippen LogP contribution in [0, 0.1) is 13.8 Å². The number of carbonyl (C=O) groups excluding carboxylic acids is 1. The number of hydrogen-bond donors (Lipinski definition) is 0. The lowest BCUT2D eigenvalue weighted by molar-refractivity contribution is -0.141. The van der Waals surface area contributed by atoms with Crippen molar-refractivity contribution >= 4 is 28.6 Å². The van der Waals surface area contributed by atoms with E-state index in [0.29, 0.717) is 33.4 Å². The number of carbonyl (C=O) groups is 1. The second-order valence-corrected chi connectivity index (χ2v) is 8.07. The maximum absolute atomic E-state index is 12.9. The number of methoxy groups -OCH3 is 1. The minimum atomic E-state index is -0.514. The third-order valence-electron chi connectivity index (χ3n) is 4.85. The highest BCUT2D eigenvalue weighted by Gasteiger charge is 2.16. The standard InChI is InChI=1S/C23H21N3O4S/c1-14-8-9-17(15(2)10-14)21-24-16(12-30-21)13-31-23-25-19-7-5-4-6-18(19)22(28)26(23)11-20(27)29-3/h4-10,12H,11,13H2,1-3H3. The Labute approximate surface area is 183 Å². The van der Waals surface area contributed by atoms with Gasteiger partial charge in [0.15, 0.2) is 5.16 Å². The number of para-hydroxylation sites is 1. The fourth-order valence-electron chi connectivity index (χ4n) is 3.28. The van der Waals surface area contributed by atoms with Gasteiger partial charge in [-0.3, -0.25) is 14.2 Å². The van der Waals surface area contributed by atoms with Gasteiger partial charge in [-0.1, -0.05) is 41.6 Å². The third-order valence-corrected chi connectivity index (χ3v) is 5.86. The van der Waals surface area contributed by atoms with Gasteiger partial charge in [0, 0.05) is 11.3 Å². The molecule has 2 aromatic heterocycles. The molecule has 0 fully saturated rings. The molecule has 4 rings (SSSR count). The fourth-order valence-corrected chi connectivity index (χ4v) is 4.16. The number of aromatic nitrogens is 3. The number of oxazole rings is 1. The van der Waals surface area contributed by atoms with Crippen molar-refractivity contribution in [2.75, 3.05) is 7.11 Å². The average molecular weight is 436 g/mol. The van der Waals surface area contributed by atoms with E-state index in [-0.39, 0.29) is 12.1 Å². The Balaban J connectivity index is 1.63. The molecule has 8 heteroatoms. The van der Waals surface area contributed by atoms with Crippen molar-refractivity contribution in [1.29, 1.82) is 0 Å².